The highest BCUT2D eigenvalue weighted by molar-refractivity contribution is 7.16. The number of carbonyl (C=O) groups is 1. The second kappa shape index (κ2) is 5.68. The maximum atomic E-state index is 12.1. The Morgan fingerprint density at radius 3 is 2.96 bits per heavy atom. The number of nitrogens with zero attached hydrogens (tertiary/aromatic N) is 1. The largest absolute Gasteiger partial charge is 0.454 e. The number of hydrogen-bond acceptors (Lipinski definition) is 6. The molecule has 0 fully saturated rings. The highest BCUT2D eigenvalue weighted by atomic mass is 32.1. The molecule has 2 aromatic heterocycles. The van der Waals surface area contributed by atoms with Gasteiger partial charge in [-0.3, -0.25) is 10.1 Å². The van der Waals surface area contributed by atoms with Gasteiger partial charge in [0.15, 0.2) is 16.6 Å². The number of aryl methyl sites for hydroxylation is 1. The zero-order valence-corrected chi connectivity index (χ0v) is 13.8. The number of carbonyl (C=O) groups excluding carboxylic acids is 1. The van der Waals surface area contributed by atoms with E-state index in [4.69, 9.17) is 9.47 Å². The average Bonchev–Trinajstić information content (AvgIpc) is 3.26. The number of benzene rings is 1. The molecule has 0 atom stereocenters. The van der Waals surface area contributed by atoms with Gasteiger partial charge in [-0.05, 0) is 36.6 Å². The van der Waals surface area contributed by atoms with Crippen molar-refractivity contribution in [3.8, 4) is 22.8 Å². The molecule has 3 aromatic rings. The predicted molar refractivity (Wildman–Crippen MR) is 90.7 cm³/mol. The number of hydrogen-bond donors (Lipinski definition) is 1. The first kappa shape index (κ1) is 14.2. The topological polar surface area (TPSA) is 60.5 Å². The molecule has 7 heteroatoms. The van der Waals surface area contributed by atoms with Crippen LogP contribution >= 0.6 is 22.7 Å². The second-order valence-corrected chi connectivity index (χ2v) is 7.07. The first-order valence-corrected chi connectivity index (χ1v) is 8.62. The molecule has 0 unspecified atom stereocenters. The summed E-state index contributed by atoms with van der Waals surface area (Å²) in [7, 11) is 0. The van der Waals surface area contributed by atoms with Crippen molar-refractivity contribution in [2.45, 2.75) is 6.92 Å². The number of aromatic nitrogens is 1. The minimum Gasteiger partial charge on any atom is -0.454 e. The van der Waals surface area contributed by atoms with Crippen LogP contribution in [0.3, 0.4) is 0 Å². The van der Waals surface area contributed by atoms with E-state index in [1.54, 1.807) is 6.07 Å². The predicted octanol–water partition coefficient (Wildman–Crippen LogP) is 4.16. The summed E-state index contributed by atoms with van der Waals surface area (Å²) in [6, 6.07) is 9.37. The third-order valence-electron chi connectivity index (χ3n) is 3.41. The number of anilines is 1. The van der Waals surface area contributed by atoms with Crippen molar-refractivity contribution in [3.05, 3.63) is 45.5 Å². The van der Waals surface area contributed by atoms with Gasteiger partial charge in [0.1, 0.15) is 0 Å². The van der Waals surface area contributed by atoms with Crippen LogP contribution in [0.15, 0.2) is 35.7 Å². The van der Waals surface area contributed by atoms with Crippen molar-refractivity contribution in [1.29, 1.82) is 0 Å². The lowest BCUT2D eigenvalue weighted by atomic mass is 10.1. The molecular weight excluding hydrogens is 332 g/mol. The normalized spacial score (nSPS) is 12.4. The fraction of sp³-hybridized carbons (Fsp3) is 0.125. The summed E-state index contributed by atoms with van der Waals surface area (Å²) < 4.78 is 10.7. The van der Waals surface area contributed by atoms with Crippen LogP contribution in [-0.2, 0) is 0 Å². The summed E-state index contributed by atoms with van der Waals surface area (Å²) in [6.45, 7) is 2.23. The number of rotatable bonds is 3. The van der Waals surface area contributed by atoms with Crippen LogP contribution in [0.25, 0.3) is 11.3 Å². The summed E-state index contributed by atoms with van der Waals surface area (Å²) in [5.41, 5.74) is 1.79. The van der Waals surface area contributed by atoms with Gasteiger partial charge in [-0.2, -0.15) is 0 Å². The Balaban J connectivity index is 1.61. The van der Waals surface area contributed by atoms with Gasteiger partial charge in [-0.25, -0.2) is 4.98 Å². The van der Waals surface area contributed by atoms with Gasteiger partial charge in [0.05, 0.1) is 10.6 Å². The van der Waals surface area contributed by atoms with Crippen molar-refractivity contribution in [3.63, 3.8) is 0 Å². The molecule has 0 aliphatic carbocycles. The Kier molecular flexibility index (Phi) is 3.51. The van der Waals surface area contributed by atoms with E-state index in [0.29, 0.717) is 10.0 Å². The van der Waals surface area contributed by atoms with Crippen LogP contribution in [-0.4, -0.2) is 17.7 Å². The minimum absolute atomic E-state index is 0.133. The average molecular weight is 344 g/mol. The number of ether oxygens (including phenoxy) is 2. The Hall–Kier alpha value is -2.38. The maximum Gasteiger partial charge on any atom is 0.267 e. The molecule has 1 aliphatic heterocycles. The van der Waals surface area contributed by atoms with Gasteiger partial charge in [-0.15, -0.1) is 22.7 Å². The van der Waals surface area contributed by atoms with Crippen molar-refractivity contribution in [2.24, 2.45) is 0 Å². The molecule has 0 saturated heterocycles. The molecule has 0 spiro atoms. The molecule has 3 heterocycles. The molecule has 1 amide bonds. The van der Waals surface area contributed by atoms with Crippen molar-refractivity contribution in [1.82, 2.24) is 4.98 Å². The molecule has 0 radical (unpaired) electrons. The Labute approximate surface area is 140 Å². The van der Waals surface area contributed by atoms with Gasteiger partial charge < -0.3 is 9.47 Å². The summed E-state index contributed by atoms with van der Waals surface area (Å²) >= 11 is 2.86. The highest BCUT2D eigenvalue weighted by Crippen LogP contribution is 2.38. The molecular formula is C16H12N2O3S2. The Morgan fingerprint density at radius 2 is 2.13 bits per heavy atom. The third-order valence-corrected chi connectivity index (χ3v) is 5.16. The standard InChI is InChI=1S/C16H12N2O3S2/c1-9-14(10-4-5-11-12(7-10)21-8-20-11)17-16(23-9)18-15(19)13-3-2-6-22-13/h2-7H,8H2,1H3,(H,17,18,19). The molecule has 1 aliphatic rings. The van der Waals surface area contributed by atoms with Gasteiger partial charge in [0.25, 0.3) is 5.91 Å². The lowest BCUT2D eigenvalue weighted by molar-refractivity contribution is 0.103. The fourth-order valence-electron chi connectivity index (χ4n) is 2.33. The van der Waals surface area contributed by atoms with Crippen LogP contribution in [0.2, 0.25) is 0 Å². The number of fused-ring (bicyclic) bond motifs is 1. The SMILES string of the molecule is Cc1sc(NC(=O)c2cccs2)nc1-c1ccc2c(c1)OCO2. The number of amides is 1. The minimum atomic E-state index is -0.133. The van der Waals surface area contributed by atoms with Gasteiger partial charge in [0, 0.05) is 10.4 Å². The smallest absolute Gasteiger partial charge is 0.267 e. The van der Waals surface area contributed by atoms with E-state index < -0.39 is 0 Å². The van der Waals surface area contributed by atoms with Gasteiger partial charge in [-0.1, -0.05) is 6.07 Å². The summed E-state index contributed by atoms with van der Waals surface area (Å²) in [5.74, 6) is 1.33. The maximum absolute atomic E-state index is 12.1. The van der Waals surface area contributed by atoms with Crippen molar-refractivity contribution >= 4 is 33.7 Å². The molecule has 1 aromatic carbocycles. The molecule has 0 bridgehead atoms. The van der Waals surface area contributed by atoms with E-state index in [9.17, 15) is 4.79 Å². The molecule has 23 heavy (non-hydrogen) atoms. The quantitative estimate of drug-likeness (QED) is 0.775. The third kappa shape index (κ3) is 2.69. The van der Waals surface area contributed by atoms with Crippen LogP contribution in [0.4, 0.5) is 5.13 Å². The number of thiazole rings is 1. The van der Waals surface area contributed by atoms with Crippen LogP contribution in [0.1, 0.15) is 14.5 Å². The Morgan fingerprint density at radius 1 is 1.26 bits per heavy atom. The van der Waals surface area contributed by atoms with Gasteiger partial charge >= 0.3 is 0 Å². The van der Waals surface area contributed by atoms with Crippen molar-refractivity contribution < 1.29 is 14.3 Å². The monoisotopic (exact) mass is 344 g/mol. The van der Waals surface area contributed by atoms with E-state index in [0.717, 1.165) is 27.6 Å². The zero-order valence-electron chi connectivity index (χ0n) is 12.2. The zero-order chi connectivity index (χ0) is 15.8. The van der Waals surface area contributed by atoms with E-state index >= 15 is 0 Å². The van der Waals surface area contributed by atoms with Crippen molar-refractivity contribution in [2.75, 3.05) is 12.1 Å². The van der Waals surface area contributed by atoms with E-state index in [1.807, 2.05) is 36.6 Å². The van der Waals surface area contributed by atoms with Crippen LogP contribution < -0.4 is 14.8 Å². The van der Waals surface area contributed by atoms with Crippen LogP contribution in [0.5, 0.6) is 11.5 Å². The summed E-state index contributed by atoms with van der Waals surface area (Å²) in [5, 5.41) is 5.32. The first-order valence-electron chi connectivity index (χ1n) is 6.93. The van der Waals surface area contributed by atoms with Crippen LogP contribution in [0, 0.1) is 6.92 Å². The molecule has 1 N–H and O–H groups in total. The van der Waals surface area contributed by atoms with Gasteiger partial charge in [0.2, 0.25) is 6.79 Å². The molecule has 5 nitrogen and oxygen atoms in total. The molecule has 116 valence electrons. The number of nitrogens with one attached hydrogen (secondary N) is 1. The fourth-order valence-corrected chi connectivity index (χ4v) is 3.78. The van der Waals surface area contributed by atoms with E-state index in [2.05, 4.69) is 10.3 Å². The second-order valence-electron chi connectivity index (χ2n) is 4.92. The molecule has 0 saturated carbocycles. The lowest BCUT2D eigenvalue weighted by Gasteiger charge is -2.01. The summed E-state index contributed by atoms with van der Waals surface area (Å²) in [6.07, 6.45) is 0. The summed E-state index contributed by atoms with van der Waals surface area (Å²) in [4.78, 5) is 18.4. The lowest BCUT2D eigenvalue weighted by Crippen LogP contribution is -2.09. The van der Waals surface area contributed by atoms with E-state index in [-0.39, 0.29) is 12.7 Å². The number of thiophene rings is 1. The highest BCUT2D eigenvalue weighted by Gasteiger charge is 2.18. The van der Waals surface area contributed by atoms with E-state index in [1.165, 1.54) is 22.7 Å². The Bertz CT molecular complexity index is 872. The first-order chi connectivity index (χ1) is 11.2. The molecule has 4 rings (SSSR count).